The third kappa shape index (κ3) is 4.22. The van der Waals surface area contributed by atoms with Crippen molar-refractivity contribution in [3.8, 4) is 0 Å². The molecular formula is C16H10Cl3N3OS2. The van der Waals surface area contributed by atoms with Crippen molar-refractivity contribution < 1.29 is 4.79 Å². The fourth-order valence-corrected chi connectivity index (χ4v) is 3.70. The second-order valence-corrected chi connectivity index (χ2v) is 7.79. The number of nitrogens with zero attached hydrogens (tertiary/aromatic N) is 1. The molecule has 0 atom stereocenters. The smallest absolute Gasteiger partial charge is 0.257 e. The average molecular weight is 431 g/mol. The minimum Gasteiger partial charge on any atom is -0.308 e. The van der Waals surface area contributed by atoms with Gasteiger partial charge in [0.25, 0.3) is 5.91 Å². The Kier molecular flexibility index (Phi) is 5.46. The van der Waals surface area contributed by atoms with Gasteiger partial charge in [0, 0.05) is 10.6 Å². The summed E-state index contributed by atoms with van der Waals surface area (Å²) < 4.78 is 0.975. The minimum absolute atomic E-state index is 0.137. The van der Waals surface area contributed by atoms with Gasteiger partial charge in [0.15, 0.2) is 10.2 Å². The molecule has 9 heteroatoms. The Bertz CT molecular complexity index is 965. The van der Waals surface area contributed by atoms with E-state index in [9.17, 15) is 4.79 Å². The molecule has 0 aliphatic heterocycles. The van der Waals surface area contributed by atoms with Crippen LogP contribution in [-0.4, -0.2) is 16.0 Å². The van der Waals surface area contributed by atoms with Crippen molar-refractivity contribution in [2.24, 2.45) is 0 Å². The molecule has 4 nitrogen and oxygen atoms in total. The summed E-state index contributed by atoms with van der Waals surface area (Å²) in [6.45, 7) is 1.93. The summed E-state index contributed by atoms with van der Waals surface area (Å²) in [4.78, 5) is 16.6. The predicted molar refractivity (Wildman–Crippen MR) is 110 cm³/mol. The maximum atomic E-state index is 12.2. The van der Waals surface area contributed by atoms with Gasteiger partial charge in [-0.1, -0.05) is 46.1 Å². The number of rotatable bonds is 2. The summed E-state index contributed by atoms with van der Waals surface area (Å²) in [7, 11) is 0. The molecule has 0 saturated heterocycles. The van der Waals surface area contributed by atoms with Crippen molar-refractivity contribution >= 4 is 84.7 Å². The van der Waals surface area contributed by atoms with E-state index in [1.54, 1.807) is 18.2 Å². The molecule has 3 rings (SSSR count). The number of hydrogen-bond acceptors (Lipinski definition) is 4. The highest BCUT2D eigenvalue weighted by Crippen LogP contribution is 2.30. The van der Waals surface area contributed by atoms with Crippen LogP contribution in [0.5, 0.6) is 0 Å². The number of fused-ring (bicyclic) bond motifs is 1. The molecule has 0 aliphatic rings. The van der Waals surface area contributed by atoms with Crippen LogP contribution in [0.25, 0.3) is 10.2 Å². The number of amides is 1. The molecule has 0 aliphatic carbocycles. The second-order valence-electron chi connectivity index (χ2n) is 5.13. The molecule has 0 bridgehead atoms. The standard InChI is InChI=1S/C16H10Cl3N3OS2/c1-7-4-13-12(6-10(7)18)20-16(25-13)22-15(24)21-14(23)8-2-3-9(17)11(19)5-8/h2-6H,1H3,(H2,20,21,22,23,24). The first-order chi connectivity index (χ1) is 11.8. The average Bonchev–Trinajstić information content (AvgIpc) is 2.91. The van der Waals surface area contributed by atoms with E-state index in [0.29, 0.717) is 25.8 Å². The highest BCUT2D eigenvalue weighted by atomic mass is 35.5. The third-order valence-corrected chi connectivity index (χ3v) is 5.58. The number of halogens is 3. The fraction of sp³-hybridized carbons (Fsp3) is 0.0625. The zero-order valence-corrected chi connectivity index (χ0v) is 16.6. The van der Waals surface area contributed by atoms with Gasteiger partial charge in [-0.3, -0.25) is 10.1 Å². The molecule has 128 valence electrons. The van der Waals surface area contributed by atoms with Crippen LogP contribution < -0.4 is 10.6 Å². The lowest BCUT2D eigenvalue weighted by Crippen LogP contribution is -2.34. The van der Waals surface area contributed by atoms with Crippen molar-refractivity contribution in [1.82, 2.24) is 10.3 Å². The number of anilines is 1. The van der Waals surface area contributed by atoms with Crippen LogP contribution in [0.15, 0.2) is 30.3 Å². The van der Waals surface area contributed by atoms with Crippen molar-refractivity contribution in [3.63, 3.8) is 0 Å². The van der Waals surface area contributed by atoms with Crippen LogP contribution in [-0.2, 0) is 0 Å². The molecule has 0 saturated carbocycles. The second kappa shape index (κ2) is 7.43. The summed E-state index contributed by atoms with van der Waals surface area (Å²) in [5.41, 5.74) is 2.09. The maximum absolute atomic E-state index is 12.2. The summed E-state index contributed by atoms with van der Waals surface area (Å²) in [6, 6.07) is 8.34. The Morgan fingerprint density at radius 2 is 1.88 bits per heavy atom. The monoisotopic (exact) mass is 429 g/mol. The number of carbonyl (C=O) groups excluding carboxylic acids is 1. The van der Waals surface area contributed by atoms with Gasteiger partial charge in [0.2, 0.25) is 0 Å². The van der Waals surface area contributed by atoms with Gasteiger partial charge < -0.3 is 5.32 Å². The van der Waals surface area contributed by atoms with Gasteiger partial charge >= 0.3 is 0 Å². The van der Waals surface area contributed by atoms with Crippen LogP contribution >= 0.6 is 58.4 Å². The number of carbonyl (C=O) groups is 1. The molecule has 0 radical (unpaired) electrons. The molecule has 1 amide bonds. The van der Waals surface area contributed by atoms with Crippen molar-refractivity contribution in [2.45, 2.75) is 6.92 Å². The lowest BCUT2D eigenvalue weighted by Gasteiger charge is -2.07. The van der Waals surface area contributed by atoms with Gasteiger partial charge in [-0.05, 0) is 55.0 Å². The van der Waals surface area contributed by atoms with Gasteiger partial charge in [-0.2, -0.15) is 0 Å². The zero-order valence-electron chi connectivity index (χ0n) is 12.7. The number of benzene rings is 2. The number of thiazole rings is 1. The first-order valence-corrected chi connectivity index (χ1v) is 9.33. The molecule has 0 spiro atoms. The summed E-state index contributed by atoms with van der Waals surface area (Å²) in [6.07, 6.45) is 0. The molecular weight excluding hydrogens is 421 g/mol. The molecule has 1 heterocycles. The maximum Gasteiger partial charge on any atom is 0.257 e. The van der Waals surface area contributed by atoms with E-state index in [1.165, 1.54) is 17.4 Å². The van der Waals surface area contributed by atoms with Gasteiger partial charge in [-0.25, -0.2) is 4.98 Å². The van der Waals surface area contributed by atoms with E-state index < -0.39 is 5.91 Å². The molecule has 0 fully saturated rings. The SMILES string of the molecule is Cc1cc2sc(NC(=S)NC(=O)c3ccc(Cl)c(Cl)c3)nc2cc1Cl. The lowest BCUT2D eigenvalue weighted by molar-refractivity contribution is 0.0978. The fourth-order valence-electron chi connectivity index (χ4n) is 2.04. The topological polar surface area (TPSA) is 54.0 Å². The van der Waals surface area contributed by atoms with E-state index in [-0.39, 0.29) is 5.11 Å². The zero-order chi connectivity index (χ0) is 18.1. The van der Waals surface area contributed by atoms with Crippen LogP contribution in [0.4, 0.5) is 5.13 Å². The number of thiocarbonyl (C=S) groups is 1. The Balaban J connectivity index is 1.71. The van der Waals surface area contributed by atoms with Gasteiger partial charge in [0.05, 0.1) is 20.3 Å². The van der Waals surface area contributed by atoms with E-state index in [2.05, 4.69) is 15.6 Å². The van der Waals surface area contributed by atoms with Crippen molar-refractivity contribution in [2.75, 3.05) is 5.32 Å². The number of aryl methyl sites for hydroxylation is 1. The Labute approximate surface area is 168 Å². The largest absolute Gasteiger partial charge is 0.308 e. The van der Waals surface area contributed by atoms with Crippen LogP contribution in [0.1, 0.15) is 15.9 Å². The first-order valence-electron chi connectivity index (χ1n) is 6.97. The van der Waals surface area contributed by atoms with E-state index in [4.69, 9.17) is 47.0 Å². The van der Waals surface area contributed by atoms with Crippen molar-refractivity contribution in [1.29, 1.82) is 0 Å². The van der Waals surface area contributed by atoms with Crippen molar-refractivity contribution in [3.05, 3.63) is 56.5 Å². The summed E-state index contributed by atoms with van der Waals surface area (Å²) >= 11 is 24.4. The normalized spacial score (nSPS) is 10.7. The molecule has 25 heavy (non-hydrogen) atoms. The molecule has 1 aromatic heterocycles. The first kappa shape index (κ1) is 18.4. The highest BCUT2D eigenvalue weighted by Gasteiger charge is 2.12. The van der Waals surface area contributed by atoms with Crippen LogP contribution in [0.3, 0.4) is 0 Å². The Morgan fingerprint density at radius 1 is 1.12 bits per heavy atom. The molecule has 3 aromatic rings. The summed E-state index contributed by atoms with van der Waals surface area (Å²) in [5, 5.41) is 7.51. The molecule has 0 unspecified atom stereocenters. The molecule has 2 aromatic carbocycles. The highest BCUT2D eigenvalue weighted by molar-refractivity contribution is 7.80. The minimum atomic E-state index is -0.393. The van der Waals surface area contributed by atoms with E-state index in [1.807, 2.05) is 13.0 Å². The predicted octanol–water partition coefficient (Wildman–Crippen LogP) is 5.69. The van der Waals surface area contributed by atoms with E-state index in [0.717, 1.165) is 15.8 Å². The molecule has 2 N–H and O–H groups in total. The van der Waals surface area contributed by atoms with Crippen LogP contribution in [0.2, 0.25) is 15.1 Å². The third-order valence-electron chi connectivity index (χ3n) is 3.30. The van der Waals surface area contributed by atoms with Crippen LogP contribution in [0, 0.1) is 6.92 Å². The Morgan fingerprint density at radius 3 is 2.60 bits per heavy atom. The van der Waals surface area contributed by atoms with E-state index >= 15 is 0 Å². The lowest BCUT2D eigenvalue weighted by atomic mass is 10.2. The Hall–Kier alpha value is -1.44. The number of hydrogen-bond donors (Lipinski definition) is 2. The summed E-state index contributed by atoms with van der Waals surface area (Å²) in [5.74, 6) is -0.393. The van der Waals surface area contributed by atoms with Gasteiger partial charge in [0.1, 0.15) is 0 Å². The quantitative estimate of drug-likeness (QED) is 0.513. The number of aromatic nitrogens is 1. The number of nitrogens with one attached hydrogen (secondary N) is 2. The van der Waals surface area contributed by atoms with Gasteiger partial charge in [-0.15, -0.1) is 0 Å².